The molecule has 0 radical (unpaired) electrons. The predicted octanol–water partition coefficient (Wildman–Crippen LogP) is 13.0. The van der Waals surface area contributed by atoms with Crippen molar-refractivity contribution in [3.8, 4) is 0 Å². The van der Waals surface area contributed by atoms with Crippen LogP contribution in [0, 0.1) is 0 Å². The van der Waals surface area contributed by atoms with Crippen LogP contribution in [0.15, 0.2) is 4.99 Å². The Morgan fingerprint density at radius 2 is 0.463 bits per heavy atom. The lowest BCUT2D eigenvalue weighted by molar-refractivity contribution is 0.282. The van der Waals surface area contributed by atoms with Gasteiger partial charge in [-0.05, 0) is 12.8 Å². The summed E-state index contributed by atoms with van der Waals surface area (Å²) in [4.78, 5) is 13.6. The van der Waals surface area contributed by atoms with Crippen LogP contribution in [-0.2, 0) is 4.79 Å². The number of hydrogen-bond acceptors (Lipinski definition) is 3. The SMILES string of the molecule is O=C=NCCCCCCCCCCCCCCCCCCCCCCCCCCCCCCCCCCCCCO. The minimum absolute atomic E-state index is 0.370. The van der Waals surface area contributed by atoms with Gasteiger partial charge >= 0.3 is 0 Å². The van der Waals surface area contributed by atoms with Gasteiger partial charge in [0.25, 0.3) is 0 Å². The minimum atomic E-state index is 0.370. The highest BCUT2D eigenvalue weighted by Crippen LogP contribution is 2.17. The fourth-order valence-electron chi connectivity index (χ4n) is 6.18. The molecule has 0 amide bonds. The van der Waals surface area contributed by atoms with E-state index in [1.165, 1.54) is 212 Å². The third-order valence-corrected chi connectivity index (χ3v) is 8.99. The van der Waals surface area contributed by atoms with Gasteiger partial charge in [-0.2, -0.15) is 0 Å². The zero-order valence-corrected chi connectivity index (χ0v) is 28.0. The second kappa shape index (κ2) is 39.3. The van der Waals surface area contributed by atoms with Gasteiger partial charge in [-0.15, -0.1) is 0 Å². The van der Waals surface area contributed by atoms with E-state index in [0.717, 1.165) is 12.8 Å². The second-order valence-electron chi connectivity index (χ2n) is 13.1. The molecule has 0 spiro atoms. The highest BCUT2D eigenvalue weighted by Gasteiger charge is 1.97. The van der Waals surface area contributed by atoms with Gasteiger partial charge < -0.3 is 5.11 Å². The number of aliphatic hydroxyl groups is 1. The Labute approximate surface area is 258 Å². The maximum absolute atomic E-state index is 10.00. The van der Waals surface area contributed by atoms with E-state index in [9.17, 15) is 4.79 Å². The highest BCUT2D eigenvalue weighted by atomic mass is 16.2. The summed E-state index contributed by atoms with van der Waals surface area (Å²) in [6, 6.07) is 0. The monoisotopic (exact) mass is 578 g/mol. The molecule has 244 valence electrons. The Kier molecular flexibility index (Phi) is 38.7. The van der Waals surface area contributed by atoms with Crippen LogP contribution in [0.2, 0.25) is 0 Å². The number of rotatable bonds is 37. The summed E-state index contributed by atoms with van der Waals surface area (Å²) in [7, 11) is 0. The van der Waals surface area contributed by atoms with E-state index in [0.29, 0.717) is 13.2 Å². The third kappa shape index (κ3) is 39.3. The highest BCUT2D eigenvalue weighted by molar-refractivity contribution is 5.32. The normalized spacial score (nSPS) is 11.2. The predicted molar refractivity (Wildman–Crippen MR) is 182 cm³/mol. The van der Waals surface area contributed by atoms with Crippen molar-refractivity contribution in [2.45, 2.75) is 225 Å². The number of hydrogen-bond donors (Lipinski definition) is 1. The molecule has 0 atom stereocenters. The van der Waals surface area contributed by atoms with E-state index in [1.54, 1.807) is 6.08 Å². The Morgan fingerprint density at radius 3 is 0.634 bits per heavy atom. The Hall–Kier alpha value is -0.660. The van der Waals surface area contributed by atoms with Gasteiger partial charge in [-0.25, -0.2) is 9.79 Å². The minimum Gasteiger partial charge on any atom is -0.396 e. The quantitative estimate of drug-likeness (QED) is 0.0453. The van der Waals surface area contributed by atoms with Crippen molar-refractivity contribution in [3.05, 3.63) is 0 Å². The zero-order valence-electron chi connectivity index (χ0n) is 28.0. The summed E-state index contributed by atoms with van der Waals surface area (Å²) in [6.07, 6.45) is 50.6. The summed E-state index contributed by atoms with van der Waals surface area (Å²) >= 11 is 0. The summed E-state index contributed by atoms with van der Waals surface area (Å²) in [5.41, 5.74) is 0. The van der Waals surface area contributed by atoms with Crippen LogP contribution in [0.4, 0.5) is 0 Å². The summed E-state index contributed by atoms with van der Waals surface area (Å²) < 4.78 is 0. The second-order valence-corrected chi connectivity index (χ2v) is 13.1. The molecule has 0 aromatic carbocycles. The number of aliphatic hydroxyl groups excluding tert-OH is 1. The summed E-state index contributed by atoms with van der Waals surface area (Å²) in [5, 5.41) is 8.79. The van der Waals surface area contributed by atoms with Gasteiger partial charge in [0, 0.05) is 6.61 Å². The molecule has 0 aromatic rings. The zero-order chi connectivity index (χ0) is 29.6. The number of unbranched alkanes of at least 4 members (excludes halogenated alkanes) is 34. The number of carbonyl (C=O) groups excluding carboxylic acids is 1. The van der Waals surface area contributed by atoms with Crippen LogP contribution < -0.4 is 0 Å². The first-order valence-corrected chi connectivity index (χ1v) is 19.1. The van der Waals surface area contributed by atoms with Crippen molar-refractivity contribution in [1.82, 2.24) is 0 Å². The molecule has 0 unspecified atom stereocenters. The first-order chi connectivity index (χ1) is 20.4. The van der Waals surface area contributed by atoms with Crippen LogP contribution in [0.25, 0.3) is 0 Å². The van der Waals surface area contributed by atoms with Gasteiger partial charge in [0.15, 0.2) is 0 Å². The molecule has 0 saturated carbocycles. The maximum Gasteiger partial charge on any atom is 0.234 e. The first-order valence-electron chi connectivity index (χ1n) is 19.1. The molecule has 0 heterocycles. The Balaban J connectivity index is 3.03. The fraction of sp³-hybridized carbons (Fsp3) is 0.974. The van der Waals surface area contributed by atoms with Crippen molar-refractivity contribution in [3.63, 3.8) is 0 Å². The van der Waals surface area contributed by atoms with Gasteiger partial charge in [0.2, 0.25) is 6.08 Å². The van der Waals surface area contributed by atoms with Crippen molar-refractivity contribution >= 4 is 6.08 Å². The van der Waals surface area contributed by atoms with E-state index in [-0.39, 0.29) is 0 Å². The van der Waals surface area contributed by atoms with Gasteiger partial charge in [0.05, 0.1) is 6.54 Å². The fourth-order valence-corrected chi connectivity index (χ4v) is 6.18. The van der Waals surface area contributed by atoms with Crippen LogP contribution in [0.1, 0.15) is 225 Å². The standard InChI is InChI=1S/C38H75NO2/c40-37-35-33-31-29-27-25-23-21-19-17-15-13-11-9-7-5-3-1-2-4-6-8-10-12-14-16-18-20-22-24-26-28-30-32-34-36-39-38-41/h40H,1-37H2. The summed E-state index contributed by atoms with van der Waals surface area (Å²) in [6.45, 7) is 1.04. The lowest BCUT2D eigenvalue weighted by Gasteiger charge is -2.05. The van der Waals surface area contributed by atoms with E-state index in [2.05, 4.69) is 4.99 Å². The average Bonchev–Trinajstić information content (AvgIpc) is 2.98. The lowest BCUT2D eigenvalue weighted by atomic mass is 10.0. The summed E-state index contributed by atoms with van der Waals surface area (Å²) in [5.74, 6) is 0. The first kappa shape index (κ1) is 40.3. The maximum atomic E-state index is 10.00. The van der Waals surface area contributed by atoms with Crippen molar-refractivity contribution in [2.24, 2.45) is 4.99 Å². The molecule has 3 heteroatoms. The molecule has 3 nitrogen and oxygen atoms in total. The lowest BCUT2D eigenvalue weighted by Crippen LogP contribution is -1.85. The van der Waals surface area contributed by atoms with Crippen molar-refractivity contribution in [2.75, 3.05) is 13.2 Å². The largest absolute Gasteiger partial charge is 0.396 e. The van der Waals surface area contributed by atoms with Crippen LogP contribution in [0.3, 0.4) is 0 Å². The van der Waals surface area contributed by atoms with Gasteiger partial charge in [-0.1, -0.05) is 212 Å². The van der Waals surface area contributed by atoms with Crippen LogP contribution >= 0.6 is 0 Å². The molecule has 0 fully saturated rings. The average molecular weight is 578 g/mol. The molecule has 1 N–H and O–H groups in total. The topological polar surface area (TPSA) is 49.7 Å². The van der Waals surface area contributed by atoms with Gasteiger partial charge in [-0.3, -0.25) is 0 Å². The molecule has 0 aliphatic carbocycles. The molecular formula is C38H75NO2. The van der Waals surface area contributed by atoms with E-state index in [1.807, 2.05) is 0 Å². The van der Waals surface area contributed by atoms with Gasteiger partial charge in [0.1, 0.15) is 0 Å². The molecule has 0 aromatic heterocycles. The van der Waals surface area contributed by atoms with E-state index in [4.69, 9.17) is 5.11 Å². The van der Waals surface area contributed by atoms with Crippen LogP contribution in [0.5, 0.6) is 0 Å². The molecule has 0 rings (SSSR count). The molecule has 0 bridgehead atoms. The van der Waals surface area contributed by atoms with Crippen LogP contribution in [-0.4, -0.2) is 24.3 Å². The van der Waals surface area contributed by atoms with Crippen molar-refractivity contribution < 1.29 is 9.90 Å². The molecule has 41 heavy (non-hydrogen) atoms. The Bertz CT molecular complexity index is 503. The smallest absolute Gasteiger partial charge is 0.234 e. The third-order valence-electron chi connectivity index (χ3n) is 8.99. The van der Waals surface area contributed by atoms with Crippen molar-refractivity contribution in [1.29, 1.82) is 0 Å². The molecule has 0 saturated heterocycles. The number of aliphatic imine (C=N–C) groups is 1. The molecule has 0 aliphatic rings. The number of nitrogens with zero attached hydrogens (tertiary/aromatic N) is 1. The molecular weight excluding hydrogens is 502 g/mol. The Morgan fingerprint density at radius 1 is 0.293 bits per heavy atom. The number of isocyanates is 1. The molecule has 0 aliphatic heterocycles. The van der Waals surface area contributed by atoms with E-state index >= 15 is 0 Å². The van der Waals surface area contributed by atoms with E-state index < -0.39 is 0 Å².